The Labute approximate surface area is 178 Å². The van der Waals surface area contributed by atoms with Crippen LogP contribution in [0.2, 0.25) is 5.02 Å². The van der Waals surface area contributed by atoms with Gasteiger partial charge >= 0.3 is 0 Å². The highest BCUT2D eigenvalue weighted by molar-refractivity contribution is 6.32. The second kappa shape index (κ2) is 7.87. The van der Waals surface area contributed by atoms with Crippen LogP contribution in [0.1, 0.15) is 16.7 Å². The predicted octanol–water partition coefficient (Wildman–Crippen LogP) is 2.57. The van der Waals surface area contributed by atoms with E-state index in [2.05, 4.69) is 15.7 Å². The number of amides is 3. The zero-order chi connectivity index (χ0) is 21.4. The van der Waals surface area contributed by atoms with E-state index in [0.717, 1.165) is 21.6 Å². The maximum Gasteiger partial charge on any atom is 0.263 e. The molecule has 0 spiro atoms. The quantitative estimate of drug-likeness (QED) is 0.745. The fourth-order valence-corrected chi connectivity index (χ4v) is 3.61. The van der Waals surface area contributed by atoms with Crippen LogP contribution in [0.25, 0.3) is 0 Å². The lowest BCUT2D eigenvalue weighted by atomic mass is 10.1. The molecule has 154 valence electrons. The summed E-state index contributed by atoms with van der Waals surface area (Å²) in [5.41, 5.74) is 3.32. The van der Waals surface area contributed by atoms with Crippen molar-refractivity contribution < 1.29 is 14.4 Å². The summed E-state index contributed by atoms with van der Waals surface area (Å²) in [5.74, 6) is -1.26. The fourth-order valence-electron chi connectivity index (χ4n) is 3.44. The Kier molecular flexibility index (Phi) is 5.26. The van der Waals surface area contributed by atoms with Crippen LogP contribution >= 0.6 is 11.6 Å². The van der Waals surface area contributed by atoms with E-state index in [1.807, 2.05) is 38.1 Å². The van der Waals surface area contributed by atoms with Gasteiger partial charge in [0.2, 0.25) is 5.91 Å². The summed E-state index contributed by atoms with van der Waals surface area (Å²) in [5, 5.41) is 12.3. The highest BCUT2D eigenvalue weighted by atomic mass is 35.5. The summed E-state index contributed by atoms with van der Waals surface area (Å²) in [6.07, 6.45) is 0. The molecule has 2 aromatic rings. The van der Waals surface area contributed by atoms with Gasteiger partial charge in [0, 0.05) is 11.6 Å². The Morgan fingerprint density at radius 3 is 2.53 bits per heavy atom. The lowest BCUT2D eigenvalue weighted by molar-refractivity contribution is -0.125. The van der Waals surface area contributed by atoms with Crippen molar-refractivity contribution in [2.24, 2.45) is 10.3 Å². The molecule has 0 aliphatic carbocycles. The van der Waals surface area contributed by atoms with Gasteiger partial charge in [-0.1, -0.05) is 52.7 Å². The molecule has 4 rings (SSSR count). The van der Waals surface area contributed by atoms with Gasteiger partial charge in [0.15, 0.2) is 12.1 Å². The van der Waals surface area contributed by atoms with Crippen LogP contribution in [-0.2, 0) is 20.9 Å². The van der Waals surface area contributed by atoms with E-state index in [4.69, 9.17) is 11.6 Å². The van der Waals surface area contributed by atoms with E-state index in [1.54, 1.807) is 18.2 Å². The highest BCUT2D eigenvalue weighted by Crippen LogP contribution is 2.33. The minimum absolute atomic E-state index is 0.169. The summed E-state index contributed by atoms with van der Waals surface area (Å²) in [7, 11) is 0. The molecule has 2 aliphatic rings. The first-order valence-corrected chi connectivity index (χ1v) is 9.86. The number of hydrogen-bond donors (Lipinski definition) is 1. The molecule has 3 amide bonds. The van der Waals surface area contributed by atoms with Crippen molar-refractivity contribution in [2.75, 3.05) is 11.4 Å². The number of carbonyl (C=O) groups excluding carboxylic acids is 3. The smallest absolute Gasteiger partial charge is 0.263 e. The monoisotopic (exact) mass is 425 g/mol. The maximum absolute atomic E-state index is 13.0. The standard InChI is InChI=1S/C21H20ClN5O3/c1-12-3-6-14(7-4-12)10-23-17(28)11-26-19-18(24-25-26)20(29)27(21(19)30)15-8-5-13(2)16(22)9-15/h3-9,18-19H,10-11H2,1-2H3,(H,23,28)/t18-,19-/m1/s1. The van der Waals surface area contributed by atoms with Crippen LogP contribution < -0.4 is 10.2 Å². The van der Waals surface area contributed by atoms with Crippen LogP contribution in [-0.4, -0.2) is 41.4 Å². The molecule has 0 saturated carbocycles. The number of imide groups is 1. The minimum Gasteiger partial charge on any atom is -0.350 e. The molecule has 0 aromatic heterocycles. The number of nitrogens with one attached hydrogen (secondary N) is 1. The lowest BCUT2D eigenvalue weighted by Gasteiger charge is -2.20. The van der Waals surface area contributed by atoms with Crippen LogP contribution in [0.5, 0.6) is 0 Å². The summed E-state index contributed by atoms with van der Waals surface area (Å²) in [6.45, 7) is 4.02. The molecule has 2 aliphatic heterocycles. The van der Waals surface area contributed by atoms with Crippen molar-refractivity contribution in [3.63, 3.8) is 0 Å². The molecule has 2 heterocycles. The number of fused-ring (bicyclic) bond motifs is 1. The van der Waals surface area contributed by atoms with Gasteiger partial charge in [0.05, 0.1) is 5.69 Å². The Balaban J connectivity index is 1.43. The number of carbonyl (C=O) groups is 3. The molecule has 8 nitrogen and oxygen atoms in total. The van der Waals surface area contributed by atoms with Gasteiger partial charge in [-0.2, -0.15) is 5.11 Å². The Morgan fingerprint density at radius 2 is 1.83 bits per heavy atom. The van der Waals surface area contributed by atoms with Crippen molar-refractivity contribution in [3.8, 4) is 0 Å². The van der Waals surface area contributed by atoms with Crippen molar-refractivity contribution >= 4 is 35.0 Å². The van der Waals surface area contributed by atoms with E-state index in [9.17, 15) is 14.4 Å². The molecule has 0 unspecified atom stereocenters. The molecule has 2 aromatic carbocycles. The topological polar surface area (TPSA) is 94.4 Å². The van der Waals surface area contributed by atoms with Crippen molar-refractivity contribution in [1.29, 1.82) is 0 Å². The third-order valence-electron chi connectivity index (χ3n) is 5.19. The third-order valence-corrected chi connectivity index (χ3v) is 5.59. The first-order valence-electron chi connectivity index (χ1n) is 9.49. The van der Waals surface area contributed by atoms with Gasteiger partial charge in [-0.3, -0.25) is 19.4 Å². The molecule has 0 radical (unpaired) electrons. The average molecular weight is 426 g/mol. The number of benzene rings is 2. The molecule has 30 heavy (non-hydrogen) atoms. The van der Waals surface area contributed by atoms with Crippen molar-refractivity contribution in [1.82, 2.24) is 10.3 Å². The summed E-state index contributed by atoms with van der Waals surface area (Å²) < 4.78 is 0. The van der Waals surface area contributed by atoms with E-state index in [0.29, 0.717) is 17.3 Å². The van der Waals surface area contributed by atoms with Crippen molar-refractivity contribution in [3.05, 3.63) is 64.2 Å². The van der Waals surface area contributed by atoms with Crippen molar-refractivity contribution in [2.45, 2.75) is 32.5 Å². The van der Waals surface area contributed by atoms with Crippen LogP contribution in [0.4, 0.5) is 5.69 Å². The van der Waals surface area contributed by atoms with E-state index < -0.39 is 23.9 Å². The Hall–Kier alpha value is -3.26. The highest BCUT2D eigenvalue weighted by Gasteiger charge is 2.55. The van der Waals surface area contributed by atoms with E-state index in [-0.39, 0.29) is 12.5 Å². The number of rotatable bonds is 5. The van der Waals surface area contributed by atoms with Crippen LogP contribution in [0.15, 0.2) is 52.8 Å². The zero-order valence-electron chi connectivity index (χ0n) is 16.5. The maximum atomic E-state index is 13.0. The molecule has 1 N–H and O–H groups in total. The molecular formula is C21H20ClN5O3. The molecule has 9 heteroatoms. The number of nitrogens with zero attached hydrogens (tertiary/aromatic N) is 4. The zero-order valence-corrected chi connectivity index (χ0v) is 17.3. The Morgan fingerprint density at radius 1 is 1.10 bits per heavy atom. The van der Waals surface area contributed by atoms with E-state index >= 15 is 0 Å². The molecular weight excluding hydrogens is 406 g/mol. The fraction of sp³-hybridized carbons (Fsp3) is 0.286. The molecule has 2 atom stereocenters. The van der Waals surface area contributed by atoms with Crippen LogP contribution in [0, 0.1) is 13.8 Å². The average Bonchev–Trinajstić information content (AvgIpc) is 3.23. The van der Waals surface area contributed by atoms with Crippen LogP contribution in [0.3, 0.4) is 0 Å². The van der Waals surface area contributed by atoms with Gasteiger partial charge in [-0.15, -0.1) is 0 Å². The number of halogens is 1. The molecule has 0 bridgehead atoms. The second-order valence-corrected chi connectivity index (χ2v) is 7.81. The van der Waals surface area contributed by atoms with E-state index in [1.165, 1.54) is 5.01 Å². The first-order chi connectivity index (χ1) is 14.3. The normalized spacial score (nSPS) is 20.1. The third kappa shape index (κ3) is 3.66. The Bertz CT molecular complexity index is 1050. The summed E-state index contributed by atoms with van der Waals surface area (Å²) >= 11 is 6.15. The SMILES string of the molecule is Cc1ccc(CNC(=O)CN2N=N[C@H]3C(=O)N(c4ccc(C)c(Cl)c4)C(=O)[C@@H]32)cc1. The number of anilines is 1. The predicted molar refractivity (Wildman–Crippen MR) is 111 cm³/mol. The minimum atomic E-state index is -0.956. The molecule has 1 saturated heterocycles. The molecule has 1 fully saturated rings. The first kappa shape index (κ1) is 20.0. The van der Waals surface area contributed by atoms with Gasteiger partial charge in [0.25, 0.3) is 11.8 Å². The largest absolute Gasteiger partial charge is 0.350 e. The number of aryl methyl sites for hydroxylation is 2. The summed E-state index contributed by atoms with van der Waals surface area (Å²) in [6, 6.07) is 10.9. The summed E-state index contributed by atoms with van der Waals surface area (Å²) in [4.78, 5) is 39.1. The lowest BCUT2D eigenvalue weighted by Crippen LogP contribution is -2.44. The second-order valence-electron chi connectivity index (χ2n) is 7.40. The van der Waals surface area contributed by atoms with Gasteiger partial charge in [0.1, 0.15) is 6.54 Å². The van der Waals surface area contributed by atoms with Gasteiger partial charge in [-0.25, -0.2) is 4.90 Å². The number of hydrogen-bond acceptors (Lipinski definition) is 6. The van der Waals surface area contributed by atoms with Gasteiger partial charge in [-0.05, 0) is 37.1 Å². The van der Waals surface area contributed by atoms with Gasteiger partial charge < -0.3 is 5.32 Å².